The van der Waals surface area contributed by atoms with Crippen LogP contribution in [-0.2, 0) is 13.1 Å². The Labute approximate surface area is 104 Å². The second kappa shape index (κ2) is 5.54. The molecule has 1 aliphatic carbocycles. The third kappa shape index (κ3) is 3.00. The molecule has 0 amide bonds. The minimum atomic E-state index is 0.638. The number of hydrogen-bond donors (Lipinski definition) is 1. The van der Waals surface area contributed by atoms with E-state index < -0.39 is 0 Å². The van der Waals surface area contributed by atoms with E-state index >= 15 is 0 Å². The molecule has 1 heterocycles. The van der Waals surface area contributed by atoms with Crippen LogP contribution >= 0.6 is 0 Å². The van der Waals surface area contributed by atoms with Crippen molar-refractivity contribution >= 4 is 5.82 Å². The lowest BCUT2D eigenvalue weighted by molar-refractivity contribution is 0.180. The van der Waals surface area contributed by atoms with Crippen molar-refractivity contribution in [1.29, 1.82) is 0 Å². The molecular formula is C13H24N4. The summed E-state index contributed by atoms with van der Waals surface area (Å²) in [6.45, 7) is 3.96. The predicted molar refractivity (Wildman–Crippen MR) is 70.7 cm³/mol. The molecule has 1 fully saturated rings. The molecule has 2 rings (SSSR count). The van der Waals surface area contributed by atoms with Crippen LogP contribution in [0.15, 0.2) is 6.07 Å². The SMILES string of the molecule is CCn1nc(N)cc1CN(C)C1CCCCC1. The van der Waals surface area contributed by atoms with E-state index in [1.54, 1.807) is 0 Å². The van der Waals surface area contributed by atoms with Gasteiger partial charge in [0.15, 0.2) is 0 Å². The van der Waals surface area contributed by atoms with Gasteiger partial charge in [-0.2, -0.15) is 5.10 Å². The van der Waals surface area contributed by atoms with Crippen LogP contribution in [0.2, 0.25) is 0 Å². The maximum Gasteiger partial charge on any atom is 0.145 e. The Morgan fingerprint density at radius 1 is 1.41 bits per heavy atom. The molecule has 0 radical (unpaired) electrons. The van der Waals surface area contributed by atoms with Crippen LogP contribution in [0.1, 0.15) is 44.7 Å². The molecule has 96 valence electrons. The first-order chi connectivity index (χ1) is 8.20. The van der Waals surface area contributed by atoms with Gasteiger partial charge in [0.2, 0.25) is 0 Å². The third-order valence-corrected chi connectivity index (χ3v) is 3.79. The average Bonchev–Trinajstić information content (AvgIpc) is 2.70. The van der Waals surface area contributed by atoms with Gasteiger partial charge in [-0.25, -0.2) is 0 Å². The lowest BCUT2D eigenvalue weighted by Gasteiger charge is -2.31. The quantitative estimate of drug-likeness (QED) is 0.872. The van der Waals surface area contributed by atoms with Gasteiger partial charge >= 0.3 is 0 Å². The zero-order valence-corrected chi connectivity index (χ0v) is 11.0. The van der Waals surface area contributed by atoms with Gasteiger partial charge in [0.25, 0.3) is 0 Å². The highest BCUT2D eigenvalue weighted by molar-refractivity contribution is 5.29. The molecule has 1 saturated carbocycles. The molecule has 0 aliphatic heterocycles. The second-order valence-electron chi connectivity index (χ2n) is 5.08. The molecule has 0 bridgehead atoms. The van der Waals surface area contributed by atoms with Gasteiger partial charge in [-0.15, -0.1) is 0 Å². The zero-order valence-electron chi connectivity index (χ0n) is 11.0. The molecule has 0 atom stereocenters. The van der Waals surface area contributed by atoms with Gasteiger partial charge < -0.3 is 5.73 Å². The number of aryl methyl sites for hydroxylation is 1. The Morgan fingerprint density at radius 3 is 2.76 bits per heavy atom. The molecule has 1 aromatic rings. The fraction of sp³-hybridized carbons (Fsp3) is 0.769. The van der Waals surface area contributed by atoms with Gasteiger partial charge in [0.05, 0.1) is 5.69 Å². The van der Waals surface area contributed by atoms with E-state index in [1.165, 1.54) is 37.8 Å². The van der Waals surface area contributed by atoms with Crippen LogP contribution in [0.4, 0.5) is 5.82 Å². The normalized spacial score (nSPS) is 17.8. The Hall–Kier alpha value is -1.03. The highest BCUT2D eigenvalue weighted by atomic mass is 15.3. The van der Waals surface area contributed by atoms with E-state index in [0.717, 1.165) is 19.1 Å². The molecule has 0 aromatic carbocycles. The summed E-state index contributed by atoms with van der Waals surface area (Å²) in [7, 11) is 2.22. The average molecular weight is 236 g/mol. The van der Waals surface area contributed by atoms with Crippen LogP contribution in [0, 0.1) is 0 Å². The fourth-order valence-electron chi connectivity index (χ4n) is 2.79. The number of rotatable bonds is 4. The van der Waals surface area contributed by atoms with Crippen molar-refractivity contribution in [1.82, 2.24) is 14.7 Å². The van der Waals surface area contributed by atoms with E-state index in [9.17, 15) is 0 Å². The van der Waals surface area contributed by atoms with E-state index in [0.29, 0.717) is 5.82 Å². The second-order valence-corrected chi connectivity index (χ2v) is 5.08. The lowest BCUT2D eigenvalue weighted by atomic mass is 9.94. The molecule has 0 saturated heterocycles. The Morgan fingerprint density at radius 2 is 2.12 bits per heavy atom. The molecule has 0 unspecified atom stereocenters. The predicted octanol–water partition coefficient (Wildman–Crippen LogP) is 2.25. The molecule has 1 aliphatic rings. The molecular weight excluding hydrogens is 212 g/mol. The van der Waals surface area contributed by atoms with Crippen LogP contribution < -0.4 is 5.73 Å². The Kier molecular flexibility index (Phi) is 4.05. The summed E-state index contributed by atoms with van der Waals surface area (Å²) < 4.78 is 2.01. The molecule has 1 aromatic heterocycles. The van der Waals surface area contributed by atoms with Crippen LogP contribution in [0.3, 0.4) is 0 Å². The summed E-state index contributed by atoms with van der Waals surface area (Å²) in [5.74, 6) is 0.638. The molecule has 17 heavy (non-hydrogen) atoms. The summed E-state index contributed by atoms with van der Waals surface area (Å²) in [6, 6.07) is 2.74. The molecule has 2 N–H and O–H groups in total. The smallest absolute Gasteiger partial charge is 0.145 e. The largest absolute Gasteiger partial charge is 0.382 e. The first kappa shape index (κ1) is 12.4. The maximum absolute atomic E-state index is 5.76. The zero-order chi connectivity index (χ0) is 12.3. The van der Waals surface area contributed by atoms with Crippen LogP contribution in [0.5, 0.6) is 0 Å². The van der Waals surface area contributed by atoms with E-state index in [2.05, 4.69) is 24.0 Å². The van der Waals surface area contributed by atoms with Gasteiger partial charge in [0.1, 0.15) is 5.82 Å². The summed E-state index contributed by atoms with van der Waals surface area (Å²) in [5, 5.41) is 4.30. The molecule has 0 spiro atoms. The number of anilines is 1. The molecule has 4 heteroatoms. The lowest BCUT2D eigenvalue weighted by Crippen LogP contribution is -2.33. The van der Waals surface area contributed by atoms with Gasteiger partial charge in [-0.1, -0.05) is 19.3 Å². The third-order valence-electron chi connectivity index (χ3n) is 3.79. The van der Waals surface area contributed by atoms with Gasteiger partial charge in [-0.05, 0) is 26.8 Å². The summed E-state index contributed by atoms with van der Waals surface area (Å²) in [5.41, 5.74) is 6.99. The Balaban J connectivity index is 1.98. The maximum atomic E-state index is 5.76. The number of aromatic nitrogens is 2. The highest BCUT2D eigenvalue weighted by Crippen LogP contribution is 2.23. The monoisotopic (exact) mass is 236 g/mol. The van der Waals surface area contributed by atoms with Gasteiger partial charge in [0, 0.05) is 25.2 Å². The first-order valence-electron chi connectivity index (χ1n) is 6.73. The number of nitrogens with two attached hydrogens (primary N) is 1. The van der Waals surface area contributed by atoms with Crippen molar-refractivity contribution in [2.45, 2.75) is 58.2 Å². The summed E-state index contributed by atoms with van der Waals surface area (Å²) in [4.78, 5) is 2.46. The van der Waals surface area contributed by atoms with Crippen molar-refractivity contribution in [3.05, 3.63) is 11.8 Å². The minimum absolute atomic E-state index is 0.638. The minimum Gasteiger partial charge on any atom is -0.382 e. The first-order valence-corrected chi connectivity index (χ1v) is 6.73. The van der Waals surface area contributed by atoms with E-state index in [-0.39, 0.29) is 0 Å². The van der Waals surface area contributed by atoms with Gasteiger partial charge in [-0.3, -0.25) is 9.58 Å². The standard InChI is InChI=1S/C13H24N4/c1-3-17-12(9-13(14)15-17)10-16(2)11-7-5-4-6-8-11/h9,11H,3-8,10H2,1-2H3,(H2,14,15). The summed E-state index contributed by atoms with van der Waals surface area (Å²) in [6.07, 6.45) is 6.84. The van der Waals surface area contributed by atoms with Crippen molar-refractivity contribution < 1.29 is 0 Å². The van der Waals surface area contributed by atoms with Crippen molar-refractivity contribution in [2.24, 2.45) is 0 Å². The Bertz CT molecular complexity index is 352. The van der Waals surface area contributed by atoms with Crippen molar-refractivity contribution in [2.75, 3.05) is 12.8 Å². The van der Waals surface area contributed by atoms with E-state index in [4.69, 9.17) is 5.73 Å². The van der Waals surface area contributed by atoms with Crippen molar-refractivity contribution in [3.63, 3.8) is 0 Å². The topological polar surface area (TPSA) is 47.1 Å². The number of hydrogen-bond acceptors (Lipinski definition) is 3. The molecule has 4 nitrogen and oxygen atoms in total. The number of nitrogen functional groups attached to an aromatic ring is 1. The van der Waals surface area contributed by atoms with Crippen LogP contribution in [-0.4, -0.2) is 27.8 Å². The fourth-order valence-corrected chi connectivity index (χ4v) is 2.79. The highest BCUT2D eigenvalue weighted by Gasteiger charge is 2.19. The van der Waals surface area contributed by atoms with Crippen LogP contribution in [0.25, 0.3) is 0 Å². The summed E-state index contributed by atoms with van der Waals surface area (Å²) >= 11 is 0. The number of nitrogens with zero attached hydrogens (tertiary/aromatic N) is 3. The van der Waals surface area contributed by atoms with Crippen molar-refractivity contribution in [3.8, 4) is 0 Å². The van der Waals surface area contributed by atoms with E-state index in [1.807, 2.05) is 10.7 Å².